The van der Waals surface area contributed by atoms with Crippen molar-refractivity contribution in [1.29, 1.82) is 0 Å². The van der Waals surface area contributed by atoms with E-state index >= 15 is 0 Å². The number of ether oxygens (including phenoxy) is 6. The minimum absolute atomic E-state index is 0.0712. The van der Waals surface area contributed by atoms with Crippen molar-refractivity contribution >= 4 is 48.5 Å². The normalized spacial score (nSPS) is 15.2. The highest BCUT2D eigenvalue weighted by Crippen LogP contribution is 2.55. The van der Waals surface area contributed by atoms with Crippen LogP contribution in [0.25, 0.3) is 11.1 Å². The Balaban J connectivity index is 1.64. The van der Waals surface area contributed by atoms with Crippen LogP contribution in [0.2, 0.25) is 0 Å². The van der Waals surface area contributed by atoms with Crippen LogP contribution in [-0.2, 0) is 61.8 Å². The molecule has 0 N–H and O–H groups in total. The van der Waals surface area contributed by atoms with E-state index < -0.39 is 88.5 Å². The van der Waals surface area contributed by atoms with Crippen molar-refractivity contribution < 1.29 is 66.3 Å². The van der Waals surface area contributed by atoms with Gasteiger partial charge in [-0.05, 0) is 24.1 Å². The summed E-state index contributed by atoms with van der Waals surface area (Å²) in [4.78, 5) is 72.0. The topological polar surface area (TPSA) is 184 Å². The Morgan fingerprint density at radius 3 is 1.91 bits per heavy atom. The maximum absolute atomic E-state index is 14.3. The van der Waals surface area contributed by atoms with Crippen molar-refractivity contribution in [3.8, 4) is 16.9 Å². The van der Waals surface area contributed by atoms with Crippen LogP contribution >= 0.6 is 7.37 Å². The van der Waals surface area contributed by atoms with Crippen molar-refractivity contribution in [2.24, 2.45) is 5.92 Å². The number of carbonyl (C=O) groups excluding carboxylic acids is 6. The first-order valence-electron chi connectivity index (χ1n) is 14.0. The van der Waals surface area contributed by atoms with Gasteiger partial charge in [0.15, 0.2) is 0 Å². The average molecular weight is 649 g/mol. The molecule has 0 aromatic heterocycles. The van der Waals surface area contributed by atoms with Gasteiger partial charge in [0.1, 0.15) is 12.2 Å². The molecule has 2 unspecified atom stereocenters. The summed E-state index contributed by atoms with van der Waals surface area (Å²) in [6.07, 6.45) is -1.29. The van der Waals surface area contributed by atoms with Crippen LogP contribution in [0.1, 0.15) is 46.0 Å². The van der Waals surface area contributed by atoms with E-state index in [2.05, 4.69) is 9.47 Å². The second-order valence-corrected chi connectivity index (χ2v) is 11.9. The molecule has 0 saturated carbocycles. The lowest BCUT2D eigenvalue weighted by atomic mass is 10.0. The average Bonchev–Trinajstić information content (AvgIpc) is 3.00. The second kappa shape index (κ2) is 17.0. The molecule has 3 rings (SSSR count). The second-order valence-electron chi connectivity index (χ2n) is 9.54. The number of rotatable bonds is 16. The summed E-state index contributed by atoms with van der Waals surface area (Å²) in [5.74, 6) is -6.44. The van der Waals surface area contributed by atoms with E-state index in [9.17, 15) is 33.3 Å². The highest BCUT2D eigenvalue weighted by molar-refractivity contribution is 7.67. The van der Waals surface area contributed by atoms with Gasteiger partial charge in [-0.3, -0.25) is 33.3 Å². The maximum Gasteiger partial charge on any atom is 0.320 e. The molecule has 2 aromatic carbocycles. The monoisotopic (exact) mass is 648 g/mol. The Morgan fingerprint density at radius 2 is 1.24 bits per heavy atom. The molecular formula is C30H33O14P. The lowest BCUT2D eigenvalue weighted by Crippen LogP contribution is -2.30. The molecule has 242 valence electrons. The molecule has 0 saturated heterocycles. The van der Waals surface area contributed by atoms with Crippen molar-refractivity contribution in [3.63, 3.8) is 0 Å². The molecule has 1 aliphatic rings. The number of hydrogen-bond donors (Lipinski definition) is 0. The molecule has 0 radical (unpaired) electrons. The number of benzene rings is 2. The maximum atomic E-state index is 14.3. The van der Waals surface area contributed by atoms with E-state index in [-0.39, 0.29) is 12.8 Å². The van der Waals surface area contributed by atoms with Gasteiger partial charge in [-0.2, -0.15) is 0 Å². The molecule has 0 fully saturated rings. The molecule has 2 aromatic rings. The van der Waals surface area contributed by atoms with Crippen molar-refractivity contribution in [2.45, 2.75) is 46.0 Å². The first-order chi connectivity index (χ1) is 21.6. The molecule has 0 aliphatic carbocycles. The van der Waals surface area contributed by atoms with Crippen molar-refractivity contribution in [1.82, 2.24) is 0 Å². The van der Waals surface area contributed by atoms with Crippen LogP contribution in [-0.4, -0.2) is 62.4 Å². The Morgan fingerprint density at radius 1 is 0.689 bits per heavy atom. The van der Waals surface area contributed by atoms with Gasteiger partial charge in [0.2, 0.25) is 20.4 Å². The Labute approximate surface area is 258 Å². The highest BCUT2D eigenvalue weighted by Gasteiger charge is 2.41. The lowest BCUT2D eigenvalue weighted by molar-refractivity contribution is -0.177. The molecule has 15 heteroatoms. The summed E-state index contributed by atoms with van der Waals surface area (Å²) in [7, 11) is -3.82. The quantitative estimate of drug-likeness (QED) is 0.0848. The number of hydrogen-bond acceptors (Lipinski definition) is 14. The lowest BCUT2D eigenvalue weighted by Gasteiger charge is -2.30. The van der Waals surface area contributed by atoms with Gasteiger partial charge >= 0.3 is 35.8 Å². The number of esters is 6. The molecule has 0 amide bonds. The minimum Gasteiger partial charge on any atom is -0.439 e. The van der Waals surface area contributed by atoms with Crippen LogP contribution < -0.4 is 9.83 Å². The molecule has 0 spiro atoms. The Bertz CT molecular complexity index is 1450. The highest BCUT2D eigenvalue weighted by atomic mass is 31.2. The van der Waals surface area contributed by atoms with E-state index in [1.807, 2.05) is 0 Å². The van der Waals surface area contributed by atoms with Crippen LogP contribution in [0.3, 0.4) is 0 Å². The van der Waals surface area contributed by atoms with Gasteiger partial charge in [-0.1, -0.05) is 50.2 Å². The fraction of sp³-hybridized carbons (Fsp3) is 0.400. The standard InChI is InChI=1S/C30H33O14P/c1-3-9-26(32)39-19-43-30(36)20(14-27(33)40-18-42-29(35)15-28(34)41-17-38-25(31)4-2)16-45(37)24-13-8-6-11-22(24)21-10-5-7-12-23(21)44-45/h5-8,10-13,20H,3-4,9,14-19H2,1-2H3. The van der Waals surface area contributed by atoms with Gasteiger partial charge in [0, 0.05) is 18.4 Å². The zero-order valence-corrected chi connectivity index (χ0v) is 25.6. The summed E-state index contributed by atoms with van der Waals surface area (Å²) in [6, 6.07) is 13.7. The van der Waals surface area contributed by atoms with Crippen LogP contribution in [0.5, 0.6) is 5.75 Å². The predicted molar refractivity (Wildman–Crippen MR) is 154 cm³/mol. The Hall–Kier alpha value is -4.71. The van der Waals surface area contributed by atoms with Crippen molar-refractivity contribution in [2.75, 3.05) is 26.5 Å². The van der Waals surface area contributed by atoms with E-state index in [1.54, 1.807) is 62.4 Å². The molecule has 14 nitrogen and oxygen atoms in total. The zero-order valence-electron chi connectivity index (χ0n) is 24.7. The fourth-order valence-corrected chi connectivity index (χ4v) is 6.65. The smallest absolute Gasteiger partial charge is 0.320 e. The molecule has 1 heterocycles. The molecule has 0 bridgehead atoms. The fourth-order valence-electron chi connectivity index (χ4n) is 4.07. The number of carbonyl (C=O) groups is 6. The molecule has 2 atom stereocenters. The summed E-state index contributed by atoms with van der Waals surface area (Å²) in [5.41, 5.74) is 1.34. The summed E-state index contributed by atoms with van der Waals surface area (Å²) in [5, 5.41) is 0.342. The predicted octanol–water partition coefficient (Wildman–Crippen LogP) is 3.39. The SMILES string of the molecule is CCCC(=O)OCOC(=O)C(CC(=O)OCOC(=O)CC(=O)OCOC(=O)CC)CP1(=O)Oc2ccccc2-c2ccccc21. The van der Waals surface area contributed by atoms with Crippen LogP contribution in [0.4, 0.5) is 0 Å². The molecule has 45 heavy (non-hydrogen) atoms. The third-order valence-electron chi connectivity index (χ3n) is 6.23. The summed E-state index contributed by atoms with van der Waals surface area (Å²) in [6.45, 7) is 1.01. The summed E-state index contributed by atoms with van der Waals surface area (Å²) >= 11 is 0. The third-order valence-corrected chi connectivity index (χ3v) is 8.77. The summed E-state index contributed by atoms with van der Waals surface area (Å²) < 4.78 is 48.9. The first kappa shape index (κ1) is 34.8. The minimum atomic E-state index is -3.82. The number of fused-ring (bicyclic) bond motifs is 3. The van der Waals surface area contributed by atoms with Gasteiger partial charge in [-0.25, -0.2) is 0 Å². The van der Waals surface area contributed by atoms with Gasteiger partial charge in [0.05, 0.1) is 23.8 Å². The van der Waals surface area contributed by atoms with Crippen LogP contribution in [0, 0.1) is 5.92 Å². The van der Waals surface area contributed by atoms with Crippen molar-refractivity contribution in [3.05, 3.63) is 48.5 Å². The number of para-hydroxylation sites is 1. The van der Waals surface area contributed by atoms with E-state index in [0.717, 1.165) is 0 Å². The van der Waals surface area contributed by atoms with Crippen LogP contribution in [0.15, 0.2) is 48.5 Å². The largest absolute Gasteiger partial charge is 0.439 e. The van der Waals surface area contributed by atoms with E-state index in [4.69, 9.17) is 23.5 Å². The van der Waals surface area contributed by atoms with E-state index in [1.165, 1.54) is 0 Å². The molecular weight excluding hydrogens is 615 g/mol. The van der Waals surface area contributed by atoms with Gasteiger partial charge < -0.3 is 32.9 Å². The van der Waals surface area contributed by atoms with Gasteiger partial charge in [-0.15, -0.1) is 0 Å². The third kappa shape index (κ3) is 10.5. The van der Waals surface area contributed by atoms with Gasteiger partial charge in [0.25, 0.3) is 7.37 Å². The Kier molecular flexibility index (Phi) is 13.1. The zero-order chi connectivity index (χ0) is 32.8. The first-order valence-corrected chi connectivity index (χ1v) is 15.8. The molecule has 1 aliphatic heterocycles. The van der Waals surface area contributed by atoms with E-state index in [0.29, 0.717) is 28.6 Å².